The Morgan fingerprint density at radius 1 is 1.09 bits per heavy atom. The van der Waals surface area contributed by atoms with Gasteiger partial charge in [-0.1, -0.05) is 6.08 Å². The van der Waals surface area contributed by atoms with Gasteiger partial charge in [-0.05, 0) is 70.5 Å². The largest absolute Gasteiger partial charge is 0.381 e. The second kappa shape index (κ2) is 10.6. The number of halogens is 5. The number of carbonyl (C=O) groups is 1. The molecule has 4 N–H and O–H groups in total. The van der Waals surface area contributed by atoms with Crippen LogP contribution in [-0.4, -0.2) is 17.4 Å². The van der Waals surface area contributed by atoms with Crippen molar-refractivity contribution >= 4 is 45.7 Å². The van der Waals surface area contributed by atoms with Crippen molar-refractivity contribution in [3.63, 3.8) is 0 Å². The van der Waals surface area contributed by atoms with E-state index in [1.165, 1.54) is 24.4 Å². The summed E-state index contributed by atoms with van der Waals surface area (Å²) in [6.07, 6.45) is 2.87. The maximum absolute atomic E-state index is 15.2. The Morgan fingerprint density at radius 2 is 1.85 bits per heavy atom. The summed E-state index contributed by atoms with van der Waals surface area (Å²) in [5, 5.41) is 5.05. The molecule has 0 aliphatic rings. The maximum Gasteiger partial charge on any atom is 0.253 e. The molecule has 0 spiro atoms. The third-order valence-corrected chi connectivity index (χ3v) is 5.40. The zero-order chi connectivity index (χ0) is 24.1. The number of aromatic nitrogens is 1. The minimum absolute atomic E-state index is 0.0248. The number of nitrogens with one attached hydrogen (secondary N) is 2. The van der Waals surface area contributed by atoms with Gasteiger partial charge >= 0.3 is 0 Å². The highest BCUT2D eigenvalue weighted by molar-refractivity contribution is 14.1. The van der Waals surface area contributed by atoms with Crippen LogP contribution in [0.25, 0.3) is 0 Å². The zero-order valence-corrected chi connectivity index (χ0v) is 19.4. The van der Waals surface area contributed by atoms with Gasteiger partial charge in [-0.3, -0.25) is 4.79 Å². The molecule has 1 heterocycles. The van der Waals surface area contributed by atoms with E-state index < -0.39 is 34.9 Å². The Labute approximate surface area is 201 Å². The number of pyridine rings is 1. The number of rotatable bonds is 8. The summed E-state index contributed by atoms with van der Waals surface area (Å²) >= 11 is 1.90. The van der Waals surface area contributed by atoms with E-state index in [0.717, 1.165) is 6.07 Å². The molecule has 0 aliphatic carbocycles. The highest BCUT2D eigenvalue weighted by atomic mass is 127. The van der Waals surface area contributed by atoms with Crippen LogP contribution in [0.15, 0.2) is 49.2 Å². The smallest absolute Gasteiger partial charge is 0.253 e. The number of anilines is 3. The third kappa shape index (κ3) is 5.62. The van der Waals surface area contributed by atoms with Gasteiger partial charge in [-0.25, -0.2) is 22.5 Å². The standard InChI is InChI=1S/C23H19F4IN4O/c1-2-3-7-31-23(33)15-10-13(9-12-6-8-30-22(29)19(12)26)18(25)20(27)21(15)32-17-5-4-14(28)11-16(17)24/h2,4-6,8,10-11,32H,1,3,7,9H2,(H2,29,30)(H,31,33). The fourth-order valence-electron chi connectivity index (χ4n) is 3.06. The van der Waals surface area contributed by atoms with Crippen LogP contribution in [0, 0.1) is 26.8 Å². The van der Waals surface area contributed by atoms with Crippen LogP contribution in [0.2, 0.25) is 0 Å². The summed E-state index contributed by atoms with van der Waals surface area (Å²) in [5.74, 6) is -5.39. The van der Waals surface area contributed by atoms with Crippen molar-refractivity contribution in [2.45, 2.75) is 12.8 Å². The second-order valence-electron chi connectivity index (χ2n) is 7.01. The van der Waals surface area contributed by atoms with Crippen LogP contribution in [0.4, 0.5) is 34.8 Å². The Bertz CT molecular complexity index is 1220. The predicted octanol–water partition coefficient (Wildman–Crippen LogP) is 5.47. The lowest BCUT2D eigenvalue weighted by atomic mass is 9.99. The summed E-state index contributed by atoms with van der Waals surface area (Å²) in [7, 11) is 0. The van der Waals surface area contributed by atoms with Crippen molar-refractivity contribution in [3.05, 3.63) is 92.7 Å². The molecule has 0 saturated heterocycles. The minimum Gasteiger partial charge on any atom is -0.381 e. The van der Waals surface area contributed by atoms with Crippen LogP contribution in [0.3, 0.4) is 0 Å². The number of nitrogen functional groups attached to an aromatic ring is 1. The zero-order valence-electron chi connectivity index (χ0n) is 17.2. The molecule has 3 rings (SSSR count). The molecule has 3 aromatic rings. The molecule has 10 heteroatoms. The van der Waals surface area contributed by atoms with Crippen LogP contribution in [0.5, 0.6) is 0 Å². The average molecular weight is 570 g/mol. The van der Waals surface area contributed by atoms with E-state index in [-0.39, 0.29) is 41.2 Å². The van der Waals surface area contributed by atoms with Crippen LogP contribution in [0.1, 0.15) is 27.9 Å². The van der Waals surface area contributed by atoms with Crippen molar-refractivity contribution in [1.82, 2.24) is 10.3 Å². The van der Waals surface area contributed by atoms with Crippen LogP contribution in [-0.2, 0) is 6.42 Å². The number of benzene rings is 2. The maximum atomic E-state index is 15.2. The lowest BCUT2D eigenvalue weighted by molar-refractivity contribution is 0.0954. The van der Waals surface area contributed by atoms with Crippen molar-refractivity contribution in [1.29, 1.82) is 0 Å². The van der Waals surface area contributed by atoms with Gasteiger partial charge in [-0.2, -0.15) is 0 Å². The lowest BCUT2D eigenvalue weighted by Crippen LogP contribution is -2.26. The lowest BCUT2D eigenvalue weighted by Gasteiger charge is -2.17. The van der Waals surface area contributed by atoms with Crippen molar-refractivity contribution in [2.24, 2.45) is 0 Å². The Morgan fingerprint density at radius 3 is 2.55 bits per heavy atom. The highest BCUT2D eigenvalue weighted by Gasteiger charge is 2.24. The SMILES string of the molecule is C=CCCNC(=O)c1cc(Cc2ccnc(N)c2F)c(F)c(F)c1Nc1ccc(I)cc1F. The molecule has 0 radical (unpaired) electrons. The van der Waals surface area contributed by atoms with E-state index in [0.29, 0.717) is 9.99 Å². The molecule has 0 bridgehead atoms. The van der Waals surface area contributed by atoms with Gasteiger partial charge in [0.05, 0.1) is 16.9 Å². The molecule has 172 valence electrons. The van der Waals surface area contributed by atoms with Crippen molar-refractivity contribution < 1.29 is 22.4 Å². The number of hydrogen-bond donors (Lipinski definition) is 3. The molecule has 0 atom stereocenters. The second-order valence-corrected chi connectivity index (χ2v) is 8.26. The fraction of sp³-hybridized carbons (Fsp3) is 0.130. The predicted molar refractivity (Wildman–Crippen MR) is 127 cm³/mol. The molecule has 33 heavy (non-hydrogen) atoms. The molecule has 1 amide bonds. The summed E-state index contributed by atoms with van der Waals surface area (Å²) in [6, 6.07) is 6.49. The van der Waals surface area contributed by atoms with E-state index in [4.69, 9.17) is 5.73 Å². The molecule has 0 saturated carbocycles. The molecular formula is C23H19F4IN4O. The van der Waals surface area contributed by atoms with Crippen LogP contribution >= 0.6 is 22.6 Å². The number of nitrogens with two attached hydrogens (primary N) is 1. The first kappa shape index (κ1) is 24.5. The Balaban J connectivity index is 2.09. The minimum atomic E-state index is -1.40. The van der Waals surface area contributed by atoms with Crippen molar-refractivity contribution in [2.75, 3.05) is 17.6 Å². The van der Waals surface area contributed by atoms with Gasteiger partial charge in [0.15, 0.2) is 23.3 Å². The molecule has 0 aliphatic heterocycles. The van der Waals surface area contributed by atoms with Gasteiger partial charge in [-0.15, -0.1) is 6.58 Å². The quantitative estimate of drug-likeness (QED) is 0.145. The number of amides is 1. The van der Waals surface area contributed by atoms with E-state index >= 15 is 4.39 Å². The van der Waals surface area contributed by atoms with E-state index in [2.05, 4.69) is 22.2 Å². The van der Waals surface area contributed by atoms with E-state index in [1.54, 1.807) is 12.1 Å². The molecular weight excluding hydrogens is 551 g/mol. The first-order valence-electron chi connectivity index (χ1n) is 9.73. The topological polar surface area (TPSA) is 80.0 Å². The Hall–Kier alpha value is -3.15. The summed E-state index contributed by atoms with van der Waals surface area (Å²) in [6.45, 7) is 3.75. The third-order valence-electron chi connectivity index (χ3n) is 4.73. The molecule has 0 fully saturated rings. The summed E-state index contributed by atoms with van der Waals surface area (Å²) in [4.78, 5) is 16.4. The van der Waals surface area contributed by atoms with Gasteiger partial charge in [0.25, 0.3) is 5.91 Å². The fourth-order valence-corrected chi connectivity index (χ4v) is 3.51. The first-order valence-corrected chi connectivity index (χ1v) is 10.8. The highest BCUT2D eigenvalue weighted by Crippen LogP contribution is 2.32. The van der Waals surface area contributed by atoms with Gasteiger partial charge in [0, 0.05) is 22.7 Å². The molecule has 2 aromatic carbocycles. The normalized spacial score (nSPS) is 10.7. The number of carbonyl (C=O) groups excluding carboxylic acids is 1. The summed E-state index contributed by atoms with van der Waals surface area (Å²) in [5.41, 5.74) is 4.19. The number of hydrogen-bond acceptors (Lipinski definition) is 4. The average Bonchev–Trinajstić information content (AvgIpc) is 2.78. The summed E-state index contributed by atoms with van der Waals surface area (Å²) < 4.78 is 59.4. The monoisotopic (exact) mass is 570 g/mol. The first-order chi connectivity index (χ1) is 15.7. The van der Waals surface area contributed by atoms with E-state index in [9.17, 15) is 18.0 Å². The van der Waals surface area contributed by atoms with Gasteiger partial charge in [0.2, 0.25) is 0 Å². The van der Waals surface area contributed by atoms with Gasteiger partial charge in [0.1, 0.15) is 5.82 Å². The molecule has 0 unspecified atom stereocenters. The van der Waals surface area contributed by atoms with Crippen LogP contribution < -0.4 is 16.4 Å². The van der Waals surface area contributed by atoms with Crippen molar-refractivity contribution in [3.8, 4) is 0 Å². The number of nitrogens with zero attached hydrogens (tertiary/aromatic N) is 1. The van der Waals surface area contributed by atoms with E-state index in [1.807, 2.05) is 22.6 Å². The Kier molecular flexibility index (Phi) is 7.90. The molecule has 5 nitrogen and oxygen atoms in total. The molecule has 1 aromatic heterocycles. The van der Waals surface area contributed by atoms with Gasteiger partial charge < -0.3 is 16.4 Å².